The monoisotopic (exact) mass is 183 g/mol. The first-order valence-corrected chi connectivity index (χ1v) is 3.96. The van der Waals surface area contributed by atoms with Crippen molar-refractivity contribution in [1.29, 1.82) is 0 Å². The summed E-state index contributed by atoms with van der Waals surface area (Å²) in [5, 5.41) is 1.55. The Bertz CT molecular complexity index is 433. The molecule has 0 saturated carbocycles. The van der Waals surface area contributed by atoms with Crippen LogP contribution in [0, 0.1) is 5.82 Å². The van der Waals surface area contributed by atoms with Gasteiger partial charge in [-0.2, -0.15) is 0 Å². The Morgan fingerprint density at radius 2 is 2.17 bits per heavy atom. The molecule has 1 aromatic carbocycles. The van der Waals surface area contributed by atoms with Gasteiger partial charge in [0.15, 0.2) is 0 Å². The van der Waals surface area contributed by atoms with E-state index in [2.05, 4.69) is 0 Å². The van der Waals surface area contributed by atoms with E-state index in [1.807, 2.05) is 7.05 Å². The molecule has 0 fully saturated rings. The van der Waals surface area contributed by atoms with Crippen molar-refractivity contribution < 1.29 is 4.39 Å². The fraction of sp³-hybridized carbons (Fsp3) is 0.111. The highest BCUT2D eigenvalue weighted by Crippen LogP contribution is 2.25. The molecule has 0 amide bonds. The Balaban J connectivity index is 2.90. The van der Waals surface area contributed by atoms with Crippen molar-refractivity contribution in [2.45, 2.75) is 0 Å². The average molecular weight is 184 g/mol. The zero-order valence-electron chi connectivity index (χ0n) is 6.51. The van der Waals surface area contributed by atoms with E-state index in [9.17, 15) is 4.39 Å². The minimum atomic E-state index is -0.236. The minimum absolute atomic E-state index is 0.236. The largest absolute Gasteiger partial charge is 0.349 e. The number of fused-ring (bicyclic) bond motifs is 1. The summed E-state index contributed by atoms with van der Waals surface area (Å²) in [6.07, 6.45) is 1.77. The van der Waals surface area contributed by atoms with E-state index < -0.39 is 0 Å². The molecule has 0 aliphatic rings. The van der Waals surface area contributed by atoms with Gasteiger partial charge in [0.25, 0.3) is 0 Å². The van der Waals surface area contributed by atoms with Crippen molar-refractivity contribution in [1.82, 2.24) is 4.57 Å². The van der Waals surface area contributed by atoms with Gasteiger partial charge in [-0.3, -0.25) is 0 Å². The predicted octanol–water partition coefficient (Wildman–Crippen LogP) is 2.97. The van der Waals surface area contributed by atoms with Gasteiger partial charge in [-0.25, -0.2) is 4.39 Å². The minimum Gasteiger partial charge on any atom is -0.349 e. The zero-order chi connectivity index (χ0) is 8.72. The van der Waals surface area contributed by atoms with Crippen molar-refractivity contribution in [3.05, 3.63) is 35.2 Å². The van der Waals surface area contributed by atoms with Crippen LogP contribution in [0.15, 0.2) is 24.4 Å². The third-order valence-electron chi connectivity index (χ3n) is 1.90. The van der Waals surface area contributed by atoms with E-state index in [4.69, 9.17) is 11.6 Å². The standard InChI is InChI=1S/C9H7ClFN/c1-12-5-8(10)7-3-2-6(11)4-9(7)12/h2-5H,1H3. The second kappa shape index (κ2) is 2.49. The Kier molecular flexibility index (Phi) is 1.58. The Morgan fingerprint density at radius 1 is 1.42 bits per heavy atom. The molecule has 0 spiro atoms. The first-order valence-electron chi connectivity index (χ1n) is 3.58. The van der Waals surface area contributed by atoms with Crippen LogP contribution in [0.1, 0.15) is 0 Å². The summed E-state index contributed by atoms with van der Waals surface area (Å²) in [6.45, 7) is 0. The van der Waals surface area contributed by atoms with E-state index in [1.165, 1.54) is 12.1 Å². The van der Waals surface area contributed by atoms with Crippen LogP contribution in [0.25, 0.3) is 10.9 Å². The topological polar surface area (TPSA) is 4.93 Å². The molecule has 1 heterocycles. The normalized spacial score (nSPS) is 10.9. The van der Waals surface area contributed by atoms with Crippen LogP contribution in [0.4, 0.5) is 4.39 Å². The summed E-state index contributed by atoms with van der Waals surface area (Å²) in [5.74, 6) is -0.236. The third-order valence-corrected chi connectivity index (χ3v) is 2.21. The molecular formula is C9H7ClFN. The smallest absolute Gasteiger partial charge is 0.125 e. The lowest BCUT2D eigenvalue weighted by Gasteiger charge is -1.94. The molecule has 2 rings (SSSR count). The number of rotatable bonds is 0. The van der Waals surface area contributed by atoms with Gasteiger partial charge in [0.1, 0.15) is 5.82 Å². The maximum Gasteiger partial charge on any atom is 0.125 e. The molecule has 3 heteroatoms. The van der Waals surface area contributed by atoms with Gasteiger partial charge in [-0.15, -0.1) is 0 Å². The fourth-order valence-electron chi connectivity index (χ4n) is 1.31. The van der Waals surface area contributed by atoms with Crippen molar-refractivity contribution >= 4 is 22.5 Å². The van der Waals surface area contributed by atoms with Crippen LogP contribution in [0.5, 0.6) is 0 Å². The molecule has 62 valence electrons. The summed E-state index contributed by atoms with van der Waals surface area (Å²) in [5.41, 5.74) is 0.819. The van der Waals surface area contributed by atoms with Crippen LogP contribution in [0.3, 0.4) is 0 Å². The molecule has 0 radical (unpaired) electrons. The number of halogens is 2. The third kappa shape index (κ3) is 0.994. The molecule has 1 aromatic heterocycles. The molecule has 2 aromatic rings. The van der Waals surface area contributed by atoms with E-state index >= 15 is 0 Å². The van der Waals surface area contributed by atoms with E-state index in [0.29, 0.717) is 5.02 Å². The lowest BCUT2D eigenvalue weighted by molar-refractivity contribution is 0.629. The highest BCUT2D eigenvalue weighted by atomic mass is 35.5. The number of hydrogen-bond acceptors (Lipinski definition) is 0. The SMILES string of the molecule is Cn1cc(Cl)c2ccc(F)cc21. The number of aryl methyl sites for hydroxylation is 1. The molecule has 0 aliphatic heterocycles. The molecule has 0 aliphatic carbocycles. The molecule has 0 bridgehead atoms. The van der Waals surface area contributed by atoms with E-state index in [-0.39, 0.29) is 5.82 Å². The van der Waals surface area contributed by atoms with Crippen LogP contribution in [-0.2, 0) is 7.05 Å². The lowest BCUT2D eigenvalue weighted by Crippen LogP contribution is -1.83. The number of aromatic nitrogens is 1. The molecule has 0 N–H and O–H groups in total. The fourth-order valence-corrected chi connectivity index (χ4v) is 1.61. The van der Waals surface area contributed by atoms with Crippen molar-refractivity contribution in [2.75, 3.05) is 0 Å². The van der Waals surface area contributed by atoms with Gasteiger partial charge < -0.3 is 4.57 Å². The molecule has 0 unspecified atom stereocenters. The number of benzene rings is 1. The van der Waals surface area contributed by atoms with Gasteiger partial charge in [0.2, 0.25) is 0 Å². The molecule has 12 heavy (non-hydrogen) atoms. The molecular weight excluding hydrogens is 177 g/mol. The quantitative estimate of drug-likeness (QED) is 0.592. The second-order valence-corrected chi connectivity index (χ2v) is 3.16. The van der Waals surface area contributed by atoms with Crippen LogP contribution < -0.4 is 0 Å². The predicted molar refractivity (Wildman–Crippen MR) is 47.9 cm³/mol. The van der Waals surface area contributed by atoms with Gasteiger partial charge in [-0.1, -0.05) is 11.6 Å². The summed E-state index contributed by atoms with van der Waals surface area (Å²) >= 11 is 5.89. The highest BCUT2D eigenvalue weighted by Gasteiger charge is 2.04. The van der Waals surface area contributed by atoms with Gasteiger partial charge in [-0.05, 0) is 18.2 Å². The summed E-state index contributed by atoms with van der Waals surface area (Å²) in [4.78, 5) is 0. The first kappa shape index (κ1) is 7.62. The van der Waals surface area contributed by atoms with E-state index in [0.717, 1.165) is 10.9 Å². The average Bonchev–Trinajstić information content (AvgIpc) is 2.28. The number of hydrogen-bond donors (Lipinski definition) is 0. The summed E-state index contributed by atoms with van der Waals surface area (Å²) < 4.78 is 14.6. The van der Waals surface area contributed by atoms with Crippen LogP contribution in [0.2, 0.25) is 5.02 Å². The highest BCUT2D eigenvalue weighted by molar-refractivity contribution is 6.35. The first-order chi connectivity index (χ1) is 5.68. The van der Waals surface area contributed by atoms with Crippen molar-refractivity contribution in [3.63, 3.8) is 0 Å². The van der Waals surface area contributed by atoms with Crippen LogP contribution >= 0.6 is 11.6 Å². The number of nitrogens with zero attached hydrogens (tertiary/aromatic N) is 1. The van der Waals surface area contributed by atoms with E-state index in [1.54, 1.807) is 16.8 Å². The summed E-state index contributed by atoms with van der Waals surface area (Å²) in [6, 6.07) is 4.57. The molecule has 0 saturated heterocycles. The second-order valence-electron chi connectivity index (χ2n) is 2.75. The van der Waals surface area contributed by atoms with Gasteiger partial charge in [0, 0.05) is 18.6 Å². The van der Waals surface area contributed by atoms with Crippen LogP contribution in [-0.4, -0.2) is 4.57 Å². The Labute approximate surface area is 74.4 Å². The molecule has 1 nitrogen and oxygen atoms in total. The van der Waals surface area contributed by atoms with Crippen molar-refractivity contribution in [2.24, 2.45) is 7.05 Å². The Hall–Kier alpha value is -1.02. The zero-order valence-corrected chi connectivity index (χ0v) is 7.27. The van der Waals surface area contributed by atoms with Gasteiger partial charge in [0.05, 0.1) is 10.5 Å². The molecule has 0 atom stereocenters. The Morgan fingerprint density at radius 3 is 2.92 bits per heavy atom. The maximum absolute atomic E-state index is 12.8. The van der Waals surface area contributed by atoms with Crippen molar-refractivity contribution in [3.8, 4) is 0 Å². The summed E-state index contributed by atoms with van der Waals surface area (Å²) in [7, 11) is 1.84. The maximum atomic E-state index is 12.8. The van der Waals surface area contributed by atoms with Gasteiger partial charge >= 0.3 is 0 Å². The lowest BCUT2D eigenvalue weighted by atomic mass is 10.2.